The summed E-state index contributed by atoms with van der Waals surface area (Å²) < 4.78 is 33.3. The van der Waals surface area contributed by atoms with E-state index in [1.165, 1.54) is 12.7 Å². The van der Waals surface area contributed by atoms with Crippen LogP contribution in [0.3, 0.4) is 0 Å². The number of aromatic nitrogens is 4. The topological polar surface area (TPSA) is 130 Å². The van der Waals surface area contributed by atoms with Gasteiger partial charge in [0.25, 0.3) is 5.56 Å². The number of aliphatic hydroxyl groups excluding tert-OH is 1. The highest BCUT2D eigenvalue weighted by Crippen LogP contribution is 2.45. The van der Waals surface area contributed by atoms with Gasteiger partial charge in [0.15, 0.2) is 25.7 Å². The van der Waals surface area contributed by atoms with Crippen molar-refractivity contribution in [1.29, 1.82) is 0 Å². The van der Waals surface area contributed by atoms with Gasteiger partial charge in [0.2, 0.25) is 0 Å². The quantitative estimate of drug-likeness (QED) is 0.131. The highest BCUT2D eigenvalue weighted by Gasteiger charge is 2.52. The molecule has 49 heavy (non-hydrogen) atoms. The van der Waals surface area contributed by atoms with Crippen LogP contribution in [-0.4, -0.2) is 72.1 Å². The zero-order valence-corrected chi connectivity index (χ0v) is 29.9. The lowest BCUT2D eigenvalue weighted by Crippen LogP contribution is -2.49. The van der Waals surface area contributed by atoms with Gasteiger partial charge in [-0.1, -0.05) is 75.4 Å². The number of fused-ring (bicyclic) bond motifs is 1. The van der Waals surface area contributed by atoms with Crippen molar-refractivity contribution in [2.24, 2.45) is 0 Å². The monoisotopic (exact) mass is 684 g/mol. The van der Waals surface area contributed by atoms with Crippen molar-refractivity contribution < 1.29 is 28.5 Å². The summed E-state index contributed by atoms with van der Waals surface area (Å²) >= 11 is 0. The summed E-state index contributed by atoms with van der Waals surface area (Å²) in [6.07, 6.45) is -0.682. The molecule has 3 aromatic carbocycles. The molecule has 12 heteroatoms. The molecule has 2 aromatic heterocycles. The normalized spacial score (nSPS) is 20.1. The smallest absolute Gasteiger partial charge is 0.278 e. The number of aliphatic hydroxyl groups is 1. The van der Waals surface area contributed by atoms with E-state index in [0.717, 1.165) is 16.7 Å². The number of hydrogen-bond acceptors (Lipinski definition) is 9. The third kappa shape index (κ3) is 6.42. The van der Waals surface area contributed by atoms with Gasteiger partial charge in [-0.2, -0.15) is 0 Å². The van der Waals surface area contributed by atoms with Crippen molar-refractivity contribution in [3.8, 4) is 11.5 Å². The van der Waals surface area contributed by atoms with Crippen LogP contribution in [0.5, 0.6) is 11.5 Å². The van der Waals surface area contributed by atoms with Crippen LogP contribution in [0.1, 0.15) is 43.7 Å². The van der Waals surface area contributed by atoms with Gasteiger partial charge in [-0.05, 0) is 59.1 Å². The molecule has 0 radical (unpaired) electrons. The van der Waals surface area contributed by atoms with Crippen LogP contribution in [0.4, 0.5) is 0 Å². The number of ether oxygens (including phenoxy) is 4. The van der Waals surface area contributed by atoms with Crippen molar-refractivity contribution in [2.75, 3.05) is 20.8 Å². The fraction of sp³-hybridized carbons (Fsp3) is 0.378. The summed E-state index contributed by atoms with van der Waals surface area (Å²) in [5, 5.41) is 11.9. The number of hydrogen-bond donors (Lipinski definition) is 2. The molecular weight excluding hydrogens is 641 g/mol. The van der Waals surface area contributed by atoms with Crippen LogP contribution in [0.25, 0.3) is 11.2 Å². The van der Waals surface area contributed by atoms with Crippen molar-refractivity contribution in [2.45, 2.75) is 69.0 Å². The highest BCUT2D eigenvalue weighted by molar-refractivity contribution is 6.74. The number of rotatable bonds is 11. The SMILES string of the molecule is COc1ccc(C(OCC2OC(n3cnc4c(=O)[nH]cnc43)C(O[Si](C)(C)C(C)(C)C)C2O)(c2ccccc2)c2ccc(OC)cc2)cc1. The first kappa shape index (κ1) is 34.5. The molecule has 258 valence electrons. The van der Waals surface area contributed by atoms with E-state index in [9.17, 15) is 9.90 Å². The van der Waals surface area contributed by atoms with Gasteiger partial charge in [-0.25, -0.2) is 9.97 Å². The third-order valence-corrected chi connectivity index (χ3v) is 14.3. The maximum absolute atomic E-state index is 12.6. The average Bonchev–Trinajstić information content (AvgIpc) is 3.66. The fourth-order valence-electron chi connectivity index (χ4n) is 6.05. The van der Waals surface area contributed by atoms with Gasteiger partial charge in [-0.3, -0.25) is 9.36 Å². The summed E-state index contributed by atoms with van der Waals surface area (Å²) in [6.45, 7) is 10.7. The molecule has 11 nitrogen and oxygen atoms in total. The Morgan fingerprint density at radius 3 is 2.00 bits per heavy atom. The number of imidazole rings is 1. The van der Waals surface area contributed by atoms with Crippen LogP contribution in [-0.2, 0) is 19.5 Å². The molecule has 1 saturated heterocycles. The first-order valence-corrected chi connectivity index (χ1v) is 19.2. The third-order valence-electron chi connectivity index (χ3n) is 9.83. The van der Waals surface area contributed by atoms with Gasteiger partial charge in [0, 0.05) is 0 Å². The second kappa shape index (κ2) is 13.5. The average molecular weight is 685 g/mol. The van der Waals surface area contributed by atoms with Gasteiger partial charge < -0.3 is 33.5 Å². The Hall–Kier alpha value is -4.33. The standard InChI is InChI=1S/C37H44N4O7Si/c1-36(2,3)49(6,7)48-32-31(42)29(47-35(32)41-23-40-30-33(41)38-22-39-34(30)43)21-46-37(24-11-9-8-10-12-24,25-13-17-27(44-4)18-14-25)26-15-19-28(45-5)20-16-26/h8-20,22-23,29,31-32,35,42H,21H2,1-7H3,(H,38,39,43). The second-order valence-corrected chi connectivity index (χ2v) is 18.5. The molecule has 4 atom stereocenters. The molecule has 4 unspecified atom stereocenters. The molecule has 3 heterocycles. The number of benzene rings is 3. The molecule has 1 fully saturated rings. The molecule has 2 N–H and O–H groups in total. The maximum atomic E-state index is 12.6. The van der Waals surface area contributed by atoms with E-state index >= 15 is 0 Å². The summed E-state index contributed by atoms with van der Waals surface area (Å²) in [4.78, 5) is 23.8. The molecule has 0 saturated carbocycles. The first-order chi connectivity index (χ1) is 23.4. The van der Waals surface area contributed by atoms with E-state index in [4.69, 9.17) is 23.4 Å². The Balaban J connectivity index is 1.43. The molecule has 5 aromatic rings. The molecule has 1 aliphatic heterocycles. The van der Waals surface area contributed by atoms with E-state index in [2.05, 4.69) is 48.8 Å². The Morgan fingerprint density at radius 2 is 1.45 bits per heavy atom. The summed E-state index contributed by atoms with van der Waals surface area (Å²) in [5.74, 6) is 1.42. The Labute approximate surface area is 286 Å². The zero-order valence-electron chi connectivity index (χ0n) is 28.9. The lowest BCUT2D eigenvalue weighted by molar-refractivity contribution is -0.0940. The largest absolute Gasteiger partial charge is 0.497 e. The van der Waals surface area contributed by atoms with Crippen molar-refractivity contribution in [1.82, 2.24) is 19.5 Å². The van der Waals surface area contributed by atoms with E-state index in [1.807, 2.05) is 78.9 Å². The predicted molar refractivity (Wildman–Crippen MR) is 188 cm³/mol. The lowest BCUT2D eigenvalue weighted by Gasteiger charge is -2.40. The first-order valence-electron chi connectivity index (χ1n) is 16.3. The fourth-order valence-corrected chi connectivity index (χ4v) is 7.34. The Kier molecular flexibility index (Phi) is 9.53. The van der Waals surface area contributed by atoms with E-state index < -0.39 is 38.5 Å². The molecule has 0 spiro atoms. The number of methoxy groups -OCH3 is 2. The van der Waals surface area contributed by atoms with Crippen molar-refractivity contribution in [3.05, 3.63) is 119 Å². The molecular formula is C37H44N4O7Si. The van der Waals surface area contributed by atoms with Crippen LogP contribution in [0, 0.1) is 0 Å². The Morgan fingerprint density at radius 1 is 0.878 bits per heavy atom. The van der Waals surface area contributed by atoms with Crippen molar-refractivity contribution in [3.63, 3.8) is 0 Å². The minimum atomic E-state index is -2.44. The highest BCUT2D eigenvalue weighted by atomic mass is 28.4. The van der Waals surface area contributed by atoms with Crippen LogP contribution < -0.4 is 15.0 Å². The van der Waals surface area contributed by atoms with Crippen molar-refractivity contribution >= 4 is 19.5 Å². The molecule has 0 bridgehead atoms. The minimum Gasteiger partial charge on any atom is -0.497 e. The van der Waals surface area contributed by atoms with Gasteiger partial charge >= 0.3 is 0 Å². The van der Waals surface area contributed by atoms with Crippen LogP contribution >= 0.6 is 0 Å². The van der Waals surface area contributed by atoms with Crippen LogP contribution in [0.15, 0.2) is 96.3 Å². The van der Waals surface area contributed by atoms with E-state index in [0.29, 0.717) is 17.1 Å². The lowest BCUT2D eigenvalue weighted by atomic mass is 9.80. The van der Waals surface area contributed by atoms with Gasteiger partial charge in [0.1, 0.15) is 35.4 Å². The van der Waals surface area contributed by atoms with Gasteiger partial charge in [-0.15, -0.1) is 0 Å². The molecule has 6 rings (SSSR count). The molecule has 0 aliphatic carbocycles. The maximum Gasteiger partial charge on any atom is 0.278 e. The number of nitrogens with one attached hydrogen (secondary N) is 1. The van der Waals surface area contributed by atoms with E-state index in [1.54, 1.807) is 18.8 Å². The molecule has 1 aliphatic rings. The summed E-state index contributed by atoms with van der Waals surface area (Å²) in [5.41, 5.74) is 1.62. The number of aromatic amines is 1. The van der Waals surface area contributed by atoms with E-state index in [-0.39, 0.29) is 22.7 Å². The van der Waals surface area contributed by atoms with Crippen LogP contribution in [0.2, 0.25) is 18.1 Å². The minimum absolute atomic E-state index is 0.0113. The second-order valence-electron chi connectivity index (χ2n) is 13.8. The Bertz CT molecular complexity index is 1870. The number of H-pyrrole nitrogens is 1. The summed E-state index contributed by atoms with van der Waals surface area (Å²) in [6, 6.07) is 25.5. The molecule has 0 amide bonds. The number of nitrogens with zero attached hydrogens (tertiary/aromatic N) is 3. The zero-order chi connectivity index (χ0) is 35.0. The van der Waals surface area contributed by atoms with Gasteiger partial charge in [0.05, 0.1) is 33.5 Å². The predicted octanol–water partition coefficient (Wildman–Crippen LogP) is 5.79. The summed E-state index contributed by atoms with van der Waals surface area (Å²) in [7, 11) is 0.826.